The van der Waals surface area contributed by atoms with Crippen molar-refractivity contribution in [3.63, 3.8) is 0 Å². The summed E-state index contributed by atoms with van der Waals surface area (Å²) in [6.45, 7) is 0. The summed E-state index contributed by atoms with van der Waals surface area (Å²) in [6, 6.07) is 8.10. The van der Waals surface area contributed by atoms with E-state index < -0.39 is 12.3 Å². The van der Waals surface area contributed by atoms with Crippen LogP contribution in [-0.2, 0) is 0 Å². The van der Waals surface area contributed by atoms with Crippen LogP contribution in [0, 0.1) is 0 Å². The Morgan fingerprint density at radius 3 is 2.50 bits per heavy atom. The second-order valence-corrected chi connectivity index (χ2v) is 3.36. The summed E-state index contributed by atoms with van der Waals surface area (Å²) in [5.74, 6) is 0. The Morgan fingerprint density at radius 2 is 1.81 bits per heavy atom. The molecule has 2 aromatic rings. The molecule has 0 spiro atoms. The molecule has 0 amide bonds. The zero-order chi connectivity index (χ0) is 11.8. The number of rotatable bonds is 1. The first-order chi connectivity index (χ1) is 7.50. The fourth-order valence-corrected chi connectivity index (χ4v) is 1.52. The molecular formula is C11H8F3NO. The van der Waals surface area contributed by atoms with Crippen LogP contribution in [0.5, 0.6) is 0 Å². The molecule has 16 heavy (non-hydrogen) atoms. The number of hydrogen-bond donors (Lipinski definition) is 1. The third-order valence-corrected chi connectivity index (χ3v) is 2.27. The van der Waals surface area contributed by atoms with E-state index in [-0.39, 0.29) is 5.69 Å². The van der Waals surface area contributed by atoms with Crippen molar-refractivity contribution in [2.45, 2.75) is 12.3 Å². The van der Waals surface area contributed by atoms with Crippen LogP contribution in [0.2, 0.25) is 0 Å². The van der Waals surface area contributed by atoms with Crippen LogP contribution in [0.4, 0.5) is 13.2 Å². The maximum Gasteiger partial charge on any atom is 0.420 e. The van der Waals surface area contributed by atoms with E-state index in [0.717, 1.165) is 0 Å². The highest BCUT2D eigenvalue weighted by Crippen LogP contribution is 2.34. The maximum absolute atomic E-state index is 12.4. The fraction of sp³-hybridized carbons (Fsp3) is 0.182. The van der Waals surface area contributed by atoms with Gasteiger partial charge in [0.1, 0.15) is 0 Å². The number of alkyl halides is 3. The molecule has 0 aliphatic heterocycles. The van der Waals surface area contributed by atoms with Crippen LogP contribution in [0.25, 0.3) is 10.8 Å². The summed E-state index contributed by atoms with van der Waals surface area (Å²) < 4.78 is 37.1. The quantitative estimate of drug-likeness (QED) is 0.812. The molecule has 0 radical (unpaired) electrons. The van der Waals surface area contributed by atoms with Gasteiger partial charge in [-0.1, -0.05) is 24.3 Å². The first-order valence-corrected chi connectivity index (χ1v) is 4.58. The summed E-state index contributed by atoms with van der Waals surface area (Å²) in [5.41, 5.74) is -0.356. The minimum atomic E-state index is -4.70. The Balaban J connectivity index is 2.61. The van der Waals surface area contributed by atoms with Crippen molar-refractivity contribution in [1.82, 2.24) is 4.98 Å². The van der Waals surface area contributed by atoms with E-state index in [9.17, 15) is 13.2 Å². The molecule has 0 aliphatic rings. The molecule has 2 nitrogen and oxygen atoms in total. The van der Waals surface area contributed by atoms with Gasteiger partial charge in [0.05, 0.1) is 5.69 Å². The summed E-state index contributed by atoms with van der Waals surface area (Å²) in [5, 5.41) is 10.1. The number of fused-ring (bicyclic) bond motifs is 1. The lowest BCUT2D eigenvalue weighted by molar-refractivity contribution is -0.207. The minimum Gasteiger partial charge on any atom is -0.378 e. The average Bonchev–Trinajstić information content (AvgIpc) is 2.26. The van der Waals surface area contributed by atoms with Gasteiger partial charge in [-0.05, 0) is 11.5 Å². The Labute approximate surface area is 89.4 Å². The molecule has 0 saturated carbocycles. The van der Waals surface area contributed by atoms with Crippen molar-refractivity contribution in [3.05, 3.63) is 42.2 Å². The van der Waals surface area contributed by atoms with Crippen molar-refractivity contribution in [2.75, 3.05) is 0 Å². The van der Waals surface area contributed by atoms with Crippen molar-refractivity contribution in [2.24, 2.45) is 0 Å². The number of nitrogens with zero attached hydrogens (tertiary/aromatic N) is 1. The van der Waals surface area contributed by atoms with E-state index in [1.807, 2.05) is 0 Å². The van der Waals surface area contributed by atoms with Crippen LogP contribution in [0.3, 0.4) is 0 Å². The number of pyridine rings is 1. The van der Waals surface area contributed by atoms with E-state index in [0.29, 0.717) is 10.8 Å². The van der Waals surface area contributed by atoms with Gasteiger partial charge in [0.15, 0.2) is 6.10 Å². The van der Waals surface area contributed by atoms with Crippen LogP contribution < -0.4 is 0 Å². The third-order valence-electron chi connectivity index (χ3n) is 2.27. The molecule has 84 valence electrons. The van der Waals surface area contributed by atoms with Gasteiger partial charge >= 0.3 is 6.18 Å². The maximum atomic E-state index is 12.4. The number of halogens is 3. The van der Waals surface area contributed by atoms with E-state index in [1.165, 1.54) is 12.3 Å². The predicted molar refractivity (Wildman–Crippen MR) is 52.8 cm³/mol. The molecule has 1 heterocycles. The zero-order valence-corrected chi connectivity index (χ0v) is 8.07. The lowest BCUT2D eigenvalue weighted by Crippen LogP contribution is -2.21. The van der Waals surface area contributed by atoms with Crippen LogP contribution in [0.1, 0.15) is 11.8 Å². The van der Waals surface area contributed by atoms with Gasteiger partial charge in [-0.3, -0.25) is 4.98 Å². The highest BCUT2D eigenvalue weighted by molar-refractivity contribution is 5.84. The first-order valence-electron chi connectivity index (χ1n) is 4.58. The number of aliphatic hydroxyl groups excluding tert-OH is 1. The van der Waals surface area contributed by atoms with Gasteiger partial charge in [0, 0.05) is 11.6 Å². The Hall–Kier alpha value is -1.62. The molecule has 5 heteroatoms. The smallest absolute Gasteiger partial charge is 0.378 e. The third kappa shape index (κ3) is 1.86. The topological polar surface area (TPSA) is 33.1 Å². The van der Waals surface area contributed by atoms with Crippen LogP contribution >= 0.6 is 0 Å². The van der Waals surface area contributed by atoms with E-state index >= 15 is 0 Å². The standard InChI is InChI=1S/C11H8F3NO/c12-11(13,14)10(16)9-8-4-2-1-3-7(8)5-6-15-9/h1-6,10,16H. The molecule has 0 saturated heterocycles. The van der Waals surface area contributed by atoms with Gasteiger partial charge < -0.3 is 5.11 Å². The molecule has 0 bridgehead atoms. The molecule has 1 aromatic carbocycles. The van der Waals surface area contributed by atoms with E-state index in [4.69, 9.17) is 5.11 Å². The minimum absolute atomic E-state index is 0.315. The second kappa shape index (κ2) is 3.75. The second-order valence-electron chi connectivity index (χ2n) is 3.36. The number of aromatic nitrogens is 1. The molecule has 0 aliphatic carbocycles. The Bertz CT molecular complexity index is 505. The largest absolute Gasteiger partial charge is 0.420 e. The molecular weight excluding hydrogens is 219 g/mol. The lowest BCUT2D eigenvalue weighted by atomic mass is 10.1. The Morgan fingerprint density at radius 1 is 1.12 bits per heavy atom. The van der Waals surface area contributed by atoms with E-state index in [2.05, 4.69) is 4.98 Å². The average molecular weight is 227 g/mol. The van der Waals surface area contributed by atoms with Gasteiger partial charge in [0.2, 0.25) is 0 Å². The van der Waals surface area contributed by atoms with Crippen LogP contribution in [0.15, 0.2) is 36.5 Å². The molecule has 0 fully saturated rings. The predicted octanol–water partition coefficient (Wildman–Crippen LogP) is 2.83. The number of aliphatic hydroxyl groups is 1. The summed E-state index contributed by atoms with van der Waals surface area (Å²) in [6.07, 6.45) is -5.98. The van der Waals surface area contributed by atoms with Gasteiger partial charge in [-0.2, -0.15) is 13.2 Å². The molecule has 1 atom stereocenters. The lowest BCUT2D eigenvalue weighted by Gasteiger charge is -2.15. The fourth-order valence-electron chi connectivity index (χ4n) is 1.52. The van der Waals surface area contributed by atoms with Crippen molar-refractivity contribution in [3.8, 4) is 0 Å². The summed E-state index contributed by atoms with van der Waals surface area (Å²) in [7, 11) is 0. The Kier molecular flexibility index (Phi) is 2.55. The highest BCUT2D eigenvalue weighted by Gasteiger charge is 2.41. The molecule has 2 rings (SSSR count). The molecule has 1 aromatic heterocycles. The van der Waals surface area contributed by atoms with Crippen LogP contribution in [-0.4, -0.2) is 16.3 Å². The first kappa shape index (κ1) is 10.9. The zero-order valence-electron chi connectivity index (χ0n) is 8.07. The van der Waals surface area contributed by atoms with E-state index in [1.54, 1.807) is 24.3 Å². The monoisotopic (exact) mass is 227 g/mol. The summed E-state index contributed by atoms with van der Waals surface area (Å²) in [4.78, 5) is 3.60. The van der Waals surface area contributed by atoms with Crippen molar-refractivity contribution >= 4 is 10.8 Å². The SMILES string of the molecule is OC(c1nccc2ccccc12)C(F)(F)F. The van der Waals surface area contributed by atoms with Crippen molar-refractivity contribution in [1.29, 1.82) is 0 Å². The van der Waals surface area contributed by atoms with Gasteiger partial charge in [0.25, 0.3) is 0 Å². The number of hydrogen-bond acceptors (Lipinski definition) is 2. The van der Waals surface area contributed by atoms with Crippen molar-refractivity contribution < 1.29 is 18.3 Å². The van der Waals surface area contributed by atoms with Gasteiger partial charge in [-0.25, -0.2) is 0 Å². The highest BCUT2D eigenvalue weighted by atomic mass is 19.4. The van der Waals surface area contributed by atoms with Gasteiger partial charge in [-0.15, -0.1) is 0 Å². The number of benzene rings is 1. The molecule has 1 unspecified atom stereocenters. The molecule has 1 N–H and O–H groups in total. The normalized spacial score (nSPS) is 14.0. The summed E-state index contributed by atoms with van der Waals surface area (Å²) >= 11 is 0.